The van der Waals surface area contributed by atoms with Gasteiger partial charge in [0.2, 0.25) is 5.91 Å². The van der Waals surface area contributed by atoms with Crippen LogP contribution in [0, 0.1) is 0 Å². The Kier molecular flexibility index (Phi) is 15.0. The van der Waals surface area contributed by atoms with Crippen molar-refractivity contribution in [2.75, 3.05) is 11.5 Å². The maximum Gasteiger partial charge on any atom is 0.217 e. The van der Waals surface area contributed by atoms with Gasteiger partial charge in [-0.2, -0.15) is 11.8 Å². The number of amides is 1. The Morgan fingerprint density at radius 1 is 0.864 bits per heavy atom. The molecule has 0 heterocycles. The fraction of sp³-hybridized carbons (Fsp3) is 0.889. The third-order valence-electron chi connectivity index (χ3n) is 3.79. The summed E-state index contributed by atoms with van der Waals surface area (Å²) in [4.78, 5) is 22.4. The first-order valence-corrected chi connectivity index (χ1v) is 10.1. The Hall–Kier alpha value is -0.510. The summed E-state index contributed by atoms with van der Waals surface area (Å²) in [7, 11) is 0. The van der Waals surface area contributed by atoms with Crippen molar-refractivity contribution in [3.8, 4) is 0 Å². The first-order chi connectivity index (χ1) is 10.6. The average Bonchev–Trinajstić information content (AvgIpc) is 2.46. The lowest BCUT2D eigenvalue weighted by Crippen LogP contribution is -2.40. The minimum absolute atomic E-state index is 0.0470. The quantitative estimate of drug-likeness (QED) is 0.442. The van der Waals surface area contributed by atoms with Gasteiger partial charge in [0.15, 0.2) is 5.78 Å². The van der Waals surface area contributed by atoms with Crippen LogP contribution in [0.1, 0.15) is 85.0 Å². The summed E-state index contributed by atoms with van der Waals surface area (Å²) in [6, 6.07) is -0.314. The van der Waals surface area contributed by atoms with E-state index in [9.17, 15) is 9.59 Å². The van der Waals surface area contributed by atoms with E-state index < -0.39 is 0 Å². The second-order valence-corrected chi connectivity index (χ2v) is 7.27. The molecular formula is C18H35NO2S. The van der Waals surface area contributed by atoms with Gasteiger partial charge in [0.1, 0.15) is 0 Å². The largest absolute Gasteiger partial charge is 0.346 e. The number of unbranched alkanes of at least 4 members (excludes halogenated alkanes) is 9. The van der Waals surface area contributed by atoms with E-state index in [2.05, 4.69) is 12.2 Å². The van der Waals surface area contributed by atoms with Gasteiger partial charge in [-0.3, -0.25) is 9.59 Å². The van der Waals surface area contributed by atoms with E-state index in [-0.39, 0.29) is 17.7 Å². The standard InChI is InChI=1S/C18H35NO2S/c1-4-5-6-7-8-9-10-11-12-13-14-22-15-18(16(2)20)19-17(3)21/h18H,4-15H2,1-3H3,(H,19,21)/t18-/m0/s1. The molecule has 1 atom stereocenters. The molecule has 0 saturated heterocycles. The van der Waals surface area contributed by atoms with Crippen LogP contribution in [0.3, 0.4) is 0 Å². The van der Waals surface area contributed by atoms with Crippen molar-refractivity contribution in [2.24, 2.45) is 0 Å². The third-order valence-corrected chi connectivity index (χ3v) is 4.94. The Balaban J connectivity index is 3.35. The van der Waals surface area contributed by atoms with Crippen LogP contribution in [0.25, 0.3) is 0 Å². The summed E-state index contributed by atoms with van der Waals surface area (Å²) in [5.41, 5.74) is 0. The number of thioether (sulfide) groups is 1. The molecule has 3 nitrogen and oxygen atoms in total. The molecule has 4 heteroatoms. The molecule has 0 aromatic rings. The molecular weight excluding hydrogens is 294 g/mol. The number of carbonyl (C=O) groups excluding carboxylic acids is 2. The molecule has 0 bridgehead atoms. The van der Waals surface area contributed by atoms with Crippen molar-refractivity contribution < 1.29 is 9.59 Å². The van der Waals surface area contributed by atoms with Crippen LogP contribution in [-0.2, 0) is 9.59 Å². The minimum Gasteiger partial charge on any atom is -0.346 e. The number of ketones is 1. The number of hydrogen-bond acceptors (Lipinski definition) is 3. The van der Waals surface area contributed by atoms with Gasteiger partial charge in [-0.25, -0.2) is 0 Å². The smallest absolute Gasteiger partial charge is 0.217 e. The summed E-state index contributed by atoms with van der Waals surface area (Å²) in [6.45, 7) is 5.26. The molecule has 1 N–H and O–H groups in total. The van der Waals surface area contributed by atoms with Crippen molar-refractivity contribution in [3.63, 3.8) is 0 Å². The van der Waals surface area contributed by atoms with Crippen molar-refractivity contribution in [3.05, 3.63) is 0 Å². The molecule has 0 aliphatic rings. The SMILES string of the molecule is CCCCCCCCCCCCSC[C@H](NC(C)=O)C(C)=O. The summed E-state index contributed by atoms with van der Waals surface area (Å²) in [6.07, 6.45) is 13.5. The zero-order valence-corrected chi connectivity index (χ0v) is 15.6. The molecule has 1 amide bonds. The zero-order chi connectivity index (χ0) is 16.6. The molecule has 0 saturated carbocycles. The Morgan fingerprint density at radius 2 is 1.36 bits per heavy atom. The maximum absolute atomic E-state index is 11.4. The average molecular weight is 330 g/mol. The van der Waals surface area contributed by atoms with Crippen LogP contribution in [0.4, 0.5) is 0 Å². The minimum atomic E-state index is -0.314. The van der Waals surface area contributed by atoms with Crippen molar-refractivity contribution in [1.82, 2.24) is 5.32 Å². The lowest BCUT2D eigenvalue weighted by molar-refractivity contribution is -0.125. The highest BCUT2D eigenvalue weighted by Crippen LogP contribution is 2.13. The monoisotopic (exact) mass is 329 g/mol. The van der Waals surface area contributed by atoms with Crippen molar-refractivity contribution in [2.45, 2.75) is 91.0 Å². The third kappa shape index (κ3) is 14.4. The number of nitrogens with one attached hydrogen (secondary N) is 1. The predicted molar refractivity (Wildman–Crippen MR) is 97.5 cm³/mol. The van der Waals surface area contributed by atoms with E-state index in [0.717, 1.165) is 5.75 Å². The molecule has 0 aliphatic carbocycles. The molecule has 0 unspecified atom stereocenters. The second kappa shape index (κ2) is 15.4. The Bertz CT molecular complexity index is 295. The van der Waals surface area contributed by atoms with Crippen molar-refractivity contribution in [1.29, 1.82) is 0 Å². The van der Waals surface area contributed by atoms with Crippen molar-refractivity contribution >= 4 is 23.5 Å². The molecule has 0 aromatic heterocycles. The Labute approximate surface area is 141 Å². The highest BCUT2D eigenvalue weighted by Gasteiger charge is 2.14. The number of hydrogen-bond donors (Lipinski definition) is 1. The second-order valence-electron chi connectivity index (χ2n) is 6.12. The summed E-state index contributed by atoms with van der Waals surface area (Å²) in [5.74, 6) is 1.71. The van der Waals surface area contributed by atoms with E-state index in [1.807, 2.05) is 0 Å². The van der Waals surface area contributed by atoms with E-state index in [0.29, 0.717) is 5.75 Å². The van der Waals surface area contributed by atoms with Crippen LogP contribution in [0.2, 0.25) is 0 Å². The predicted octanol–water partition coefficient (Wildman–Crippen LogP) is 4.73. The topological polar surface area (TPSA) is 46.2 Å². The van der Waals surface area contributed by atoms with Gasteiger partial charge in [-0.1, -0.05) is 64.7 Å². The maximum atomic E-state index is 11.4. The van der Waals surface area contributed by atoms with Crippen LogP contribution in [0.15, 0.2) is 0 Å². The van der Waals surface area contributed by atoms with Crippen LogP contribution in [0.5, 0.6) is 0 Å². The summed E-state index contributed by atoms with van der Waals surface area (Å²) < 4.78 is 0. The van der Waals surface area contributed by atoms with Gasteiger partial charge in [0.25, 0.3) is 0 Å². The highest BCUT2D eigenvalue weighted by molar-refractivity contribution is 7.99. The highest BCUT2D eigenvalue weighted by atomic mass is 32.2. The fourth-order valence-corrected chi connectivity index (χ4v) is 3.53. The number of carbonyl (C=O) groups is 2. The van der Waals surface area contributed by atoms with Crippen LogP contribution in [-0.4, -0.2) is 29.2 Å². The molecule has 0 spiro atoms. The van der Waals surface area contributed by atoms with E-state index in [1.54, 1.807) is 18.7 Å². The molecule has 22 heavy (non-hydrogen) atoms. The van der Waals surface area contributed by atoms with Crippen LogP contribution < -0.4 is 5.32 Å². The molecule has 0 rings (SSSR count). The Morgan fingerprint density at radius 3 is 1.82 bits per heavy atom. The van der Waals surface area contributed by atoms with Crippen LogP contribution >= 0.6 is 11.8 Å². The van der Waals surface area contributed by atoms with E-state index >= 15 is 0 Å². The van der Waals surface area contributed by atoms with Gasteiger partial charge in [0, 0.05) is 12.7 Å². The zero-order valence-electron chi connectivity index (χ0n) is 14.8. The lowest BCUT2D eigenvalue weighted by Gasteiger charge is -2.14. The van der Waals surface area contributed by atoms with Gasteiger partial charge >= 0.3 is 0 Å². The summed E-state index contributed by atoms with van der Waals surface area (Å²) >= 11 is 1.77. The first kappa shape index (κ1) is 21.5. The molecule has 0 radical (unpaired) electrons. The normalized spacial score (nSPS) is 12.1. The van der Waals surface area contributed by atoms with Gasteiger partial charge in [-0.15, -0.1) is 0 Å². The lowest BCUT2D eigenvalue weighted by atomic mass is 10.1. The molecule has 0 aliphatic heterocycles. The van der Waals surface area contributed by atoms with Gasteiger partial charge in [0.05, 0.1) is 6.04 Å². The summed E-state index contributed by atoms with van der Waals surface area (Å²) in [5, 5.41) is 2.71. The molecule has 0 fully saturated rings. The van der Waals surface area contributed by atoms with E-state index in [4.69, 9.17) is 0 Å². The fourth-order valence-electron chi connectivity index (χ4n) is 2.40. The number of rotatable bonds is 15. The van der Waals surface area contributed by atoms with E-state index in [1.165, 1.54) is 71.1 Å². The van der Waals surface area contributed by atoms with Gasteiger partial charge < -0.3 is 5.32 Å². The van der Waals surface area contributed by atoms with Gasteiger partial charge in [-0.05, 0) is 19.1 Å². The number of Topliss-reactive ketones (excluding diaryl/α,β-unsaturated/α-hetero) is 1. The molecule has 130 valence electrons. The molecule has 0 aromatic carbocycles. The first-order valence-electron chi connectivity index (χ1n) is 8.93.